The van der Waals surface area contributed by atoms with Crippen molar-refractivity contribution in [3.05, 3.63) is 47.7 Å². The minimum atomic E-state index is -0.134. The largest absolute Gasteiger partial charge is 0.331 e. The topological polar surface area (TPSA) is 45.2 Å². The van der Waals surface area contributed by atoms with E-state index in [1.54, 1.807) is 14.1 Å². The van der Waals surface area contributed by atoms with Crippen LogP contribution in [-0.2, 0) is 6.42 Å². The van der Waals surface area contributed by atoms with Gasteiger partial charge in [-0.05, 0) is 23.2 Å². The van der Waals surface area contributed by atoms with Crippen LogP contribution in [0.5, 0.6) is 0 Å². The van der Waals surface area contributed by atoms with Crippen molar-refractivity contribution in [3.8, 4) is 0 Å². The molecule has 0 bridgehead atoms. The number of rotatable bonds is 3. The lowest BCUT2D eigenvalue weighted by atomic mass is 10.1. The van der Waals surface area contributed by atoms with E-state index in [2.05, 4.69) is 21.8 Å². The zero-order valence-corrected chi connectivity index (χ0v) is 11.2. The van der Waals surface area contributed by atoms with E-state index in [0.29, 0.717) is 0 Å². The molecule has 0 aliphatic carbocycles. The van der Waals surface area contributed by atoms with Crippen LogP contribution in [0.15, 0.2) is 36.4 Å². The van der Waals surface area contributed by atoms with Crippen molar-refractivity contribution < 1.29 is 4.79 Å². The Morgan fingerprint density at radius 3 is 2.72 bits per heavy atom. The molecule has 0 saturated carbocycles. The molecule has 1 aromatic heterocycles. The van der Waals surface area contributed by atoms with Crippen LogP contribution in [0.4, 0.5) is 9.80 Å². The van der Waals surface area contributed by atoms with Gasteiger partial charge in [-0.1, -0.05) is 30.3 Å². The summed E-state index contributed by atoms with van der Waals surface area (Å²) < 4.78 is 4.33. The Labute approximate surface area is 110 Å². The number of hydrogen-bond donors (Lipinski definition) is 1. The van der Waals surface area contributed by atoms with E-state index in [4.69, 9.17) is 0 Å². The molecule has 18 heavy (non-hydrogen) atoms. The molecule has 0 aliphatic heterocycles. The predicted octanol–water partition coefficient (Wildman–Crippen LogP) is 2.83. The van der Waals surface area contributed by atoms with Crippen LogP contribution in [0.1, 0.15) is 11.3 Å². The highest BCUT2D eigenvalue weighted by Crippen LogP contribution is 2.19. The highest BCUT2D eigenvalue weighted by molar-refractivity contribution is 7.10. The monoisotopic (exact) mass is 261 g/mol. The van der Waals surface area contributed by atoms with E-state index in [0.717, 1.165) is 17.1 Å². The smallest absolute Gasteiger partial charge is 0.321 e. The SMILES string of the molecule is CN(C)C(=O)Nc1cc(Cc2ccccc2)ns1. The van der Waals surface area contributed by atoms with Crippen LogP contribution in [0.3, 0.4) is 0 Å². The molecule has 5 heteroatoms. The summed E-state index contributed by atoms with van der Waals surface area (Å²) in [7, 11) is 3.42. The van der Waals surface area contributed by atoms with Crippen molar-refractivity contribution in [1.29, 1.82) is 0 Å². The first kappa shape index (κ1) is 12.6. The molecular weight excluding hydrogens is 246 g/mol. The third-order valence-corrected chi connectivity index (χ3v) is 3.17. The first-order valence-electron chi connectivity index (χ1n) is 5.63. The summed E-state index contributed by atoms with van der Waals surface area (Å²) in [6.07, 6.45) is 0.787. The van der Waals surface area contributed by atoms with Crippen LogP contribution in [0.2, 0.25) is 0 Å². The summed E-state index contributed by atoms with van der Waals surface area (Å²) in [4.78, 5) is 13.0. The number of carbonyl (C=O) groups is 1. The van der Waals surface area contributed by atoms with Crippen LogP contribution >= 0.6 is 11.5 Å². The molecule has 94 valence electrons. The van der Waals surface area contributed by atoms with Crippen molar-refractivity contribution in [2.45, 2.75) is 6.42 Å². The third kappa shape index (κ3) is 3.30. The lowest BCUT2D eigenvalue weighted by molar-refractivity contribution is 0.231. The van der Waals surface area contributed by atoms with Crippen LogP contribution in [-0.4, -0.2) is 29.4 Å². The Kier molecular flexibility index (Phi) is 3.94. The maximum atomic E-state index is 11.5. The van der Waals surface area contributed by atoms with Gasteiger partial charge in [0.1, 0.15) is 5.00 Å². The van der Waals surface area contributed by atoms with Crippen molar-refractivity contribution in [3.63, 3.8) is 0 Å². The molecule has 1 N–H and O–H groups in total. The van der Waals surface area contributed by atoms with Crippen molar-refractivity contribution >= 4 is 22.6 Å². The molecule has 0 saturated heterocycles. The molecule has 0 radical (unpaired) electrons. The number of hydrogen-bond acceptors (Lipinski definition) is 3. The molecule has 2 rings (SSSR count). The van der Waals surface area contributed by atoms with Gasteiger partial charge in [-0.15, -0.1) is 0 Å². The van der Waals surface area contributed by atoms with Gasteiger partial charge in [-0.2, -0.15) is 4.37 Å². The lowest BCUT2D eigenvalue weighted by Gasteiger charge is -2.09. The Hall–Kier alpha value is -1.88. The number of urea groups is 1. The van der Waals surface area contributed by atoms with Crippen LogP contribution < -0.4 is 5.32 Å². The van der Waals surface area contributed by atoms with Gasteiger partial charge in [0.25, 0.3) is 0 Å². The molecule has 0 atom stereocenters. The second kappa shape index (κ2) is 5.64. The predicted molar refractivity (Wildman–Crippen MR) is 74.1 cm³/mol. The average molecular weight is 261 g/mol. The number of nitrogens with zero attached hydrogens (tertiary/aromatic N) is 2. The Balaban J connectivity index is 2.00. The van der Waals surface area contributed by atoms with E-state index >= 15 is 0 Å². The summed E-state index contributed by atoms with van der Waals surface area (Å²) in [5.41, 5.74) is 2.19. The third-order valence-electron chi connectivity index (χ3n) is 2.42. The fourth-order valence-electron chi connectivity index (χ4n) is 1.48. The van der Waals surface area contributed by atoms with E-state index in [1.807, 2.05) is 24.3 Å². The summed E-state index contributed by atoms with van der Waals surface area (Å²) in [5.74, 6) is 0. The highest BCUT2D eigenvalue weighted by Gasteiger charge is 2.07. The van der Waals surface area contributed by atoms with Gasteiger partial charge in [0.05, 0.1) is 5.69 Å². The van der Waals surface area contributed by atoms with Crippen molar-refractivity contribution in [2.24, 2.45) is 0 Å². The second-order valence-corrected chi connectivity index (χ2v) is 4.97. The summed E-state index contributed by atoms with van der Waals surface area (Å²) >= 11 is 1.31. The van der Waals surface area contributed by atoms with Gasteiger partial charge < -0.3 is 4.90 Å². The molecule has 0 fully saturated rings. The fourth-order valence-corrected chi connectivity index (χ4v) is 2.13. The van der Waals surface area contributed by atoms with Gasteiger partial charge >= 0.3 is 6.03 Å². The van der Waals surface area contributed by atoms with Crippen molar-refractivity contribution in [2.75, 3.05) is 19.4 Å². The standard InChI is InChI=1S/C13H15N3OS/c1-16(2)13(17)14-12-9-11(15-18-12)8-10-6-4-3-5-7-10/h3-7,9H,8H2,1-2H3,(H,14,17). The molecule has 1 heterocycles. The van der Waals surface area contributed by atoms with E-state index in [-0.39, 0.29) is 6.03 Å². The zero-order valence-electron chi connectivity index (χ0n) is 10.4. The molecule has 0 aliphatic rings. The summed E-state index contributed by atoms with van der Waals surface area (Å²) in [5, 5.41) is 3.57. The van der Waals surface area contributed by atoms with Gasteiger partial charge in [0.2, 0.25) is 0 Å². The molecular formula is C13H15N3OS. The minimum Gasteiger partial charge on any atom is -0.331 e. The summed E-state index contributed by atoms with van der Waals surface area (Å²) in [6, 6.07) is 11.9. The number of amides is 2. The molecule has 0 spiro atoms. The molecule has 2 aromatic rings. The fraction of sp³-hybridized carbons (Fsp3) is 0.231. The Morgan fingerprint density at radius 1 is 1.33 bits per heavy atom. The number of nitrogens with one attached hydrogen (secondary N) is 1. The molecule has 0 unspecified atom stereocenters. The van der Waals surface area contributed by atoms with E-state index < -0.39 is 0 Å². The molecule has 1 aromatic carbocycles. The first-order chi connectivity index (χ1) is 8.65. The zero-order chi connectivity index (χ0) is 13.0. The quantitative estimate of drug-likeness (QED) is 0.923. The number of benzene rings is 1. The number of carbonyl (C=O) groups excluding carboxylic acids is 1. The second-order valence-electron chi connectivity index (χ2n) is 4.17. The molecule has 2 amide bonds. The van der Waals surface area contributed by atoms with Crippen LogP contribution in [0.25, 0.3) is 0 Å². The maximum absolute atomic E-state index is 11.5. The highest BCUT2D eigenvalue weighted by atomic mass is 32.1. The van der Waals surface area contributed by atoms with E-state index in [9.17, 15) is 4.79 Å². The minimum absolute atomic E-state index is 0.134. The van der Waals surface area contributed by atoms with E-state index in [1.165, 1.54) is 22.0 Å². The van der Waals surface area contributed by atoms with Gasteiger partial charge in [0.15, 0.2) is 0 Å². The molecule has 4 nitrogen and oxygen atoms in total. The number of anilines is 1. The van der Waals surface area contributed by atoms with Crippen LogP contribution in [0, 0.1) is 0 Å². The lowest BCUT2D eigenvalue weighted by Crippen LogP contribution is -2.26. The first-order valence-corrected chi connectivity index (χ1v) is 6.40. The van der Waals surface area contributed by atoms with Crippen molar-refractivity contribution in [1.82, 2.24) is 9.27 Å². The van der Waals surface area contributed by atoms with Gasteiger partial charge in [-0.25, -0.2) is 4.79 Å². The van der Waals surface area contributed by atoms with Gasteiger partial charge in [-0.3, -0.25) is 5.32 Å². The Bertz CT molecular complexity index is 522. The summed E-state index contributed by atoms with van der Waals surface area (Å²) in [6.45, 7) is 0. The normalized spacial score (nSPS) is 10.1. The average Bonchev–Trinajstić information content (AvgIpc) is 2.77. The maximum Gasteiger partial charge on any atom is 0.321 e. The Morgan fingerprint density at radius 2 is 2.06 bits per heavy atom. The van der Waals surface area contributed by atoms with Gasteiger partial charge in [0, 0.05) is 20.5 Å². The number of aromatic nitrogens is 1.